The second-order valence-corrected chi connectivity index (χ2v) is 6.79. The third kappa shape index (κ3) is 3.68. The van der Waals surface area contributed by atoms with E-state index in [-0.39, 0.29) is 0 Å². The number of hydrogen-bond acceptors (Lipinski definition) is 6. The molecule has 1 aliphatic heterocycles. The van der Waals surface area contributed by atoms with Crippen molar-refractivity contribution in [3.05, 3.63) is 16.2 Å². The largest absolute Gasteiger partial charge is 0.332 e. The number of likely N-dealkylation sites (tertiary alicyclic amines) is 1. The highest BCUT2D eigenvalue weighted by Crippen LogP contribution is 2.23. The van der Waals surface area contributed by atoms with Crippen molar-refractivity contribution in [3.8, 4) is 11.6 Å². The second-order valence-electron chi connectivity index (χ2n) is 5.84. The van der Waals surface area contributed by atoms with Crippen LogP contribution in [0, 0.1) is 5.92 Å². The Kier molecular flexibility index (Phi) is 4.65. The van der Waals surface area contributed by atoms with Gasteiger partial charge in [-0.3, -0.25) is 0 Å². The summed E-state index contributed by atoms with van der Waals surface area (Å²) in [4.78, 5) is 11.5. The van der Waals surface area contributed by atoms with Crippen LogP contribution < -0.4 is 0 Å². The Hall–Kier alpha value is -1.27. The topological polar surface area (TPSA) is 55.1 Å². The average molecular weight is 306 g/mol. The zero-order valence-electron chi connectivity index (χ0n) is 12.7. The molecule has 1 saturated heterocycles. The number of aryl methyl sites for hydroxylation is 1. The van der Waals surface area contributed by atoms with Crippen LogP contribution in [-0.4, -0.2) is 40.2 Å². The summed E-state index contributed by atoms with van der Waals surface area (Å²) in [6.45, 7) is 4.50. The van der Waals surface area contributed by atoms with Gasteiger partial charge in [-0.05, 0) is 51.7 Å². The molecule has 1 aliphatic rings. The quantitative estimate of drug-likeness (QED) is 0.850. The summed E-state index contributed by atoms with van der Waals surface area (Å²) in [6, 6.07) is 0. The van der Waals surface area contributed by atoms with Gasteiger partial charge in [0.1, 0.15) is 5.69 Å². The van der Waals surface area contributed by atoms with Crippen LogP contribution in [0.5, 0.6) is 0 Å². The first-order chi connectivity index (χ1) is 10.2. The highest BCUT2D eigenvalue weighted by Gasteiger charge is 2.20. The average Bonchev–Trinajstić information content (AvgIpc) is 3.11. The maximum absolute atomic E-state index is 5.38. The number of piperidine rings is 1. The van der Waals surface area contributed by atoms with Crippen LogP contribution in [0.3, 0.4) is 0 Å². The minimum Gasteiger partial charge on any atom is -0.332 e. The minimum absolute atomic E-state index is 0.566. The van der Waals surface area contributed by atoms with E-state index in [2.05, 4.69) is 34.0 Å². The Balaban J connectivity index is 1.62. The van der Waals surface area contributed by atoms with Gasteiger partial charge >= 0.3 is 0 Å². The summed E-state index contributed by atoms with van der Waals surface area (Å²) in [6.07, 6.45) is 5.48. The first-order valence-corrected chi connectivity index (χ1v) is 8.58. The summed E-state index contributed by atoms with van der Waals surface area (Å²) in [5.74, 6) is 2.07. The van der Waals surface area contributed by atoms with E-state index < -0.39 is 0 Å². The molecule has 3 heterocycles. The van der Waals surface area contributed by atoms with Crippen molar-refractivity contribution < 1.29 is 4.52 Å². The molecule has 21 heavy (non-hydrogen) atoms. The molecule has 5 nitrogen and oxygen atoms in total. The minimum atomic E-state index is 0.566. The lowest BCUT2D eigenvalue weighted by Gasteiger charge is -2.27. The Morgan fingerprint density at radius 1 is 1.33 bits per heavy atom. The Morgan fingerprint density at radius 2 is 2.14 bits per heavy atom. The Labute approximate surface area is 129 Å². The maximum Gasteiger partial charge on any atom is 0.277 e. The lowest BCUT2D eigenvalue weighted by Crippen LogP contribution is -2.31. The van der Waals surface area contributed by atoms with Crippen LogP contribution >= 0.6 is 11.3 Å². The molecular weight excluding hydrogens is 284 g/mol. The van der Waals surface area contributed by atoms with E-state index >= 15 is 0 Å². The van der Waals surface area contributed by atoms with Crippen LogP contribution in [0.25, 0.3) is 11.6 Å². The smallest absolute Gasteiger partial charge is 0.277 e. The normalized spacial score (nSPS) is 17.4. The number of thiazole rings is 1. The number of aromatic nitrogens is 3. The van der Waals surface area contributed by atoms with E-state index in [0.717, 1.165) is 35.8 Å². The molecule has 0 bridgehead atoms. The summed E-state index contributed by atoms with van der Waals surface area (Å²) >= 11 is 1.67. The molecule has 0 amide bonds. The fourth-order valence-corrected chi connectivity index (χ4v) is 3.58. The van der Waals surface area contributed by atoms with E-state index in [1.165, 1.54) is 25.9 Å². The van der Waals surface area contributed by atoms with Gasteiger partial charge in [0.25, 0.3) is 5.89 Å². The van der Waals surface area contributed by atoms with Crippen molar-refractivity contribution in [2.45, 2.75) is 39.0 Å². The molecular formula is C15H22N4OS. The lowest BCUT2D eigenvalue weighted by molar-refractivity contribution is 0.216. The first kappa shape index (κ1) is 14.7. The Morgan fingerprint density at radius 3 is 2.90 bits per heavy atom. The van der Waals surface area contributed by atoms with Crippen LogP contribution in [0.15, 0.2) is 9.90 Å². The van der Waals surface area contributed by atoms with E-state index in [1.807, 2.05) is 5.38 Å². The van der Waals surface area contributed by atoms with Gasteiger partial charge in [0, 0.05) is 11.8 Å². The first-order valence-electron chi connectivity index (χ1n) is 7.70. The van der Waals surface area contributed by atoms with Crippen molar-refractivity contribution in [1.82, 2.24) is 20.0 Å². The van der Waals surface area contributed by atoms with Crippen molar-refractivity contribution in [1.29, 1.82) is 0 Å². The highest BCUT2D eigenvalue weighted by molar-refractivity contribution is 7.09. The molecule has 0 N–H and O–H groups in total. The molecule has 6 heteroatoms. The predicted molar refractivity (Wildman–Crippen MR) is 83.3 cm³/mol. The van der Waals surface area contributed by atoms with Crippen LogP contribution in [0.1, 0.15) is 37.0 Å². The van der Waals surface area contributed by atoms with E-state index in [4.69, 9.17) is 4.52 Å². The Bertz CT molecular complexity index is 572. The third-order valence-corrected chi connectivity index (χ3v) is 4.92. The van der Waals surface area contributed by atoms with Crippen molar-refractivity contribution in [2.75, 3.05) is 20.1 Å². The molecule has 0 aliphatic carbocycles. The maximum atomic E-state index is 5.38. The molecule has 1 fully saturated rings. The standard InChI is InChI=1S/C15H22N4OS/c1-3-4-14-16-12(10-21-14)15-17-13(18-20-15)9-11-5-7-19(2)8-6-11/h10-11H,3-9H2,1-2H3. The van der Waals surface area contributed by atoms with Gasteiger partial charge in [-0.25, -0.2) is 4.98 Å². The fourth-order valence-electron chi connectivity index (χ4n) is 2.70. The van der Waals surface area contributed by atoms with Crippen LogP contribution in [-0.2, 0) is 12.8 Å². The van der Waals surface area contributed by atoms with Gasteiger partial charge in [0.15, 0.2) is 5.82 Å². The summed E-state index contributed by atoms with van der Waals surface area (Å²) < 4.78 is 5.38. The summed E-state index contributed by atoms with van der Waals surface area (Å²) in [5.41, 5.74) is 0.825. The van der Waals surface area contributed by atoms with Gasteiger partial charge in [0.05, 0.1) is 5.01 Å². The molecule has 0 atom stereocenters. The zero-order chi connectivity index (χ0) is 14.7. The van der Waals surface area contributed by atoms with Crippen LogP contribution in [0.2, 0.25) is 0 Å². The number of hydrogen-bond donors (Lipinski definition) is 0. The molecule has 0 saturated carbocycles. The molecule has 2 aromatic heterocycles. The summed E-state index contributed by atoms with van der Waals surface area (Å²) in [5, 5.41) is 7.28. The fraction of sp³-hybridized carbons (Fsp3) is 0.667. The molecule has 2 aromatic rings. The van der Waals surface area contributed by atoms with Gasteiger partial charge in [-0.1, -0.05) is 12.1 Å². The third-order valence-electron chi connectivity index (χ3n) is 4.01. The molecule has 0 aromatic carbocycles. The lowest BCUT2D eigenvalue weighted by atomic mass is 9.94. The summed E-state index contributed by atoms with van der Waals surface area (Å²) in [7, 11) is 2.18. The van der Waals surface area contributed by atoms with E-state index in [1.54, 1.807) is 11.3 Å². The SMILES string of the molecule is CCCc1nc(-c2nc(CC3CCN(C)CC3)no2)cs1. The molecule has 0 spiro atoms. The van der Waals surface area contributed by atoms with Crippen molar-refractivity contribution in [3.63, 3.8) is 0 Å². The van der Waals surface area contributed by atoms with Gasteiger partial charge in [-0.2, -0.15) is 4.98 Å². The van der Waals surface area contributed by atoms with Gasteiger partial charge < -0.3 is 9.42 Å². The van der Waals surface area contributed by atoms with Crippen LogP contribution in [0.4, 0.5) is 0 Å². The number of nitrogens with zero attached hydrogens (tertiary/aromatic N) is 4. The molecule has 114 valence electrons. The second kappa shape index (κ2) is 6.66. The predicted octanol–water partition coefficient (Wildman–Crippen LogP) is 3.03. The van der Waals surface area contributed by atoms with Gasteiger partial charge in [0.2, 0.25) is 0 Å². The zero-order valence-corrected chi connectivity index (χ0v) is 13.5. The monoisotopic (exact) mass is 306 g/mol. The molecule has 0 radical (unpaired) electrons. The van der Waals surface area contributed by atoms with E-state index in [9.17, 15) is 0 Å². The van der Waals surface area contributed by atoms with E-state index in [0.29, 0.717) is 11.8 Å². The van der Waals surface area contributed by atoms with Crippen molar-refractivity contribution in [2.24, 2.45) is 5.92 Å². The van der Waals surface area contributed by atoms with Crippen molar-refractivity contribution >= 4 is 11.3 Å². The number of rotatable bonds is 5. The van der Waals surface area contributed by atoms with Gasteiger partial charge in [-0.15, -0.1) is 11.3 Å². The molecule has 0 unspecified atom stereocenters. The highest BCUT2D eigenvalue weighted by atomic mass is 32.1. The molecule has 3 rings (SSSR count).